The van der Waals surface area contributed by atoms with Gasteiger partial charge in [0, 0.05) is 11.8 Å². The second kappa shape index (κ2) is 3.16. The average molecular weight is 233 g/mol. The number of primary amides is 1. The predicted octanol–water partition coefficient (Wildman–Crippen LogP) is -0.347. The van der Waals surface area contributed by atoms with Crippen LogP contribution in [0, 0.1) is 0 Å². The number of amides is 1. The Morgan fingerprint density at radius 1 is 1.59 bits per heavy atom. The van der Waals surface area contributed by atoms with E-state index in [1.807, 2.05) is 6.92 Å². The molecule has 7 nitrogen and oxygen atoms in total. The van der Waals surface area contributed by atoms with Crippen molar-refractivity contribution in [3.63, 3.8) is 0 Å². The second-order valence-corrected chi connectivity index (χ2v) is 4.35. The fourth-order valence-corrected chi connectivity index (χ4v) is 2.46. The molecule has 0 radical (unpaired) electrons. The summed E-state index contributed by atoms with van der Waals surface area (Å²) in [7, 11) is 0. The summed E-state index contributed by atoms with van der Waals surface area (Å²) in [6.07, 6.45) is 0.598. The van der Waals surface area contributed by atoms with Gasteiger partial charge in [0.05, 0.1) is 0 Å². The van der Waals surface area contributed by atoms with Gasteiger partial charge in [0.15, 0.2) is 11.2 Å². The number of pyridine rings is 1. The van der Waals surface area contributed by atoms with Gasteiger partial charge in [-0.25, -0.2) is 0 Å². The average Bonchev–Trinajstić information content (AvgIpc) is 2.84. The Bertz CT molecular complexity index is 671. The molecule has 7 heteroatoms. The number of aromatic nitrogens is 4. The Hall–Kier alpha value is -2.18. The van der Waals surface area contributed by atoms with Gasteiger partial charge >= 0.3 is 0 Å². The lowest BCUT2D eigenvalue weighted by Gasteiger charge is -2.11. The van der Waals surface area contributed by atoms with Crippen LogP contribution in [0.2, 0.25) is 0 Å². The highest BCUT2D eigenvalue weighted by Gasteiger charge is 2.33. The molecule has 2 aromatic heterocycles. The topological polar surface area (TPSA) is 107 Å². The van der Waals surface area contributed by atoms with Gasteiger partial charge in [0.2, 0.25) is 11.3 Å². The number of carbonyl (C=O) groups is 1. The van der Waals surface area contributed by atoms with Crippen molar-refractivity contribution in [1.29, 1.82) is 0 Å². The lowest BCUT2D eigenvalue weighted by molar-refractivity contribution is -0.120. The second-order valence-electron chi connectivity index (χ2n) is 4.35. The van der Waals surface area contributed by atoms with Gasteiger partial charge in [-0.3, -0.25) is 9.59 Å². The Morgan fingerprint density at radius 3 is 3.06 bits per heavy atom. The van der Waals surface area contributed by atoms with Gasteiger partial charge in [0.1, 0.15) is 6.04 Å². The molecule has 1 aliphatic rings. The van der Waals surface area contributed by atoms with E-state index < -0.39 is 11.9 Å². The van der Waals surface area contributed by atoms with Crippen molar-refractivity contribution in [3.8, 4) is 0 Å². The molecule has 1 amide bonds. The zero-order chi connectivity index (χ0) is 12.2. The number of carbonyl (C=O) groups excluding carboxylic acids is 1. The van der Waals surface area contributed by atoms with Crippen LogP contribution in [0.25, 0.3) is 11.2 Å². The molecule has 2 aromatic rings. The van der Waals surface area contributed by atoms with E-state index in [1.165, 1.54) is 6.07 Å². The fourth-order valence-electron chi connectivity index (χ4n) is 2.46. The van der Waals surface area contributed by atoms with Gasteiger partial charge < -0.3 is 10.3 Å². The molecule has 0 aliphatic carbocycles. The highest BCUT2D eigenvalue weighted by Crippen LogP contribution is 2.36. The first-order valence-corrected chi connectivity index (χ1v) is 5.35. The molecular weight excluding hydrogens is 222 g/mol. The number of nitrogens with zero attached hydrogens (tertiary/aromatic N) is 3. The maximum atomic E-state index is 11.8. The van der Waals surface area contributed by atoms with Gasteiger partial charge in [-0.1, -0.05) is 6.92 Å². The first-order chi connectivity index (χ1) is 8.09. The van der Waals surface area contributed by atoms with Crippen LogP contribution in [0.15, 0.2) is 10.9 Å². The molecular formula is C10H11N5O2. The zero-order valence-electron chi connectivity index (χ0n) is 9.17. The van der Waals surface area contributed by atoms with Crippen LogP contribution >= 0.6 is 0 Å². The van der Waals surface area contributed by atoms with E-state index >= 15 is 0 Å². The molecule has 0 fully saturated rings. The third-order valence-corrected chi connectivity index (χ3v) is 3.27. The number of H-pyrrole nitrogens is 1. The highest BCUT2D eigenvalue weighted by molar-refractivity contribution is 5.82. The summed E-state index contributed by atoms with van der Waals surface area (Å²) in [5.74, 6) is -0.301. The lowest BCUT2D eigenvalue weighted by Crippen LogP contribution is -2.25. The fraction of sp³-hybridized carbons (Fsp3) is 0.400. The molecule has 0 saturated heterocycles. The summed E-state index contributed by atoms with van der Waals surface area (Å²) in [5.41, 5.74) is 6.63. The molecule has 0 spiro atoms. The molecule has 2 atom stereocenters. The minimum atomic E-state index is -0.451. The van der Waals surface area contributed by atoms with E-state index in [0.29, 0.717) is 12.1 Å². The Kier molecular flexibility index (Phi) is 1.86. The van der Waals surface area contributed by atoms with Crippen molar-refractivity contribution in [3.05, 3.63) is 22.0 Å². The van der Waals surface area contributed by atoms with Crippen molar-refractivity contribution in [1.82, 2.24) is 20.0 Å². The summed E-state index contributed by atoms with van der Waals surface area (Å²) in [6.45, 7) is 1.96. The number of aromatic amines is 1. The molecule has 3 rings (SSSR count). The van der Waals surface area contributed by atoms with Crippen molar-refractivity contribution >= 4 is 17.1 Å². The summed E-state index contributed by atoms with van der Waals surface area (Å²) in [4.78, 5) is 23.2. The third-order valence-electron chi connectivity index (χ3n) is 3.27. The minimum Gasteiger partial charge on any atom is -0.368 e. The summed E-state index contributed by atoms with van der Waals surface area (Å²) in [5, 5.41) is 10.1. The number of fused-ring (bicyclic) bond motifs is 3. The molecule has 17 heavy (non-hydrogen) atoms. The molecule has 0 saturated carbocycles. The third kappa shape index (κ3) is 1.22. The molecule has 0 aromatic carbocycles. The summed E-state index contributed by atoms with van der Waals surface area (Å²) >= 11 is 0. The van der Waals surface area contributed by atoms with Crippen LogP contribution in [0.1, 0.15) is 31.0 Å². The van der Waals surface area contributed by atoms with Crippen LogP contribution < -0.4 is 11.2 Å². The van der Waals surface area contributed by atoms with Crippen molar-refractivity contribution in [2.75, 3.05) is 0 Å². The maximum absolute atomic E-state index is 11.8. The van der Waals surface area contributed by atoms with Gasteiger partial charge in [-0.05, 0) is 12.3 Å². The van der Waals surface area contributed by atoms with Gasteiger partial charge in [-0.15, -0.1) is 5.10 Å². The molecule has 88 valence electrons. The van der Waals surface area contributed by atoms with Crippen LogP contribution in [-0.2, 0) is 4.79 Å². The summed E-state index contributed by atoms with van der Waals surface area (Å²) in [6, 6.07) is 1.06. The standard InChI is InChI=1S/C10H11N5O2/c1-4-2-6(9(11)17)15-5(4)3-7(16)8-10(15)13-14-12-8/h3-4,6H,2H2,1H3,(H2,11,17)(H,12,13,14). The van der Waals surface area contributed by atoms with Crippen LogP contribution in [0.5, 0.6) is 0 Å². The summed E-state index contributed by atoms with van der Waals surface area (Å²) < 4.78 is 1.72. The van der Waals surface area contributed by atoms with Gasteiger partial charge in [-0.2, -0.15) is 10.3 Å². The first kappa shape index (κ1) is 10.0. The van der Waals surface area contributed by atoms with E-state index in [1.54, 1.807) is 4.57 Å². The monoisotopic (exact) mass is 233 g/mol. The molecule has 3 N–H and O–H groups in total. The molecule has 3 heterocycles. The Labute approximate surface area is 95.6 Å². The molecule has 2 unspecified atom stereocenters. The van der Waals surface area contributed by atoms with Gasteiger partial charge in [0.25, 0.3) is 0 Å². The Balaban J connectivity index is 2.41. The lowest BCUT2D eigenvalue weighted by atomic mass is 10.0. The minimum absolute atomic E-state index is 0.112. The SMILES string of the molecule is CC1CC(C(N)=O)n2c1cc(=O)c1n[nH]nc12. The number of rotatable bonds is 1. The van der Waals surface area contributed by atoms with E-state index in [-0.39, 0.29) is 16.9 Å². The largest absolute Gasteiger partial charge is 0.368 e. The quantitative estimate of drug-likeness (QED) is 0.702. The van der Waals surface area contributed by atoms with E-state index in [0.717, 1.165) is 5.69 Å². The zero-order valence-corrected chi connectivity index (χ0v) is 9.17. The van der Waals surface area contributed by atoms with Crippen LogP contribution in [-0.4, -0.2) is 25.9 Å². The number of nitrogens with one attached hydrogen (secondary N) is 1. The maximum Gasteiger partial charge on any atom is 0.240 e. The van der Waals surface area contributed by atoms with Crippen LogP contribution in [0.3, 0.4) is 0 Å². The number of hydrogen-bond donors (Lipinski definition) is 2. The number of nitrogens with two attached hydrogens (primary N) is 1. The molecule has 0 bridgehead atoms. The predicted molar refractivity (Wildman–Crippen MR) is 59.4 cm³/mol. The van der Waals surface area contributed by atoms with Crippen molar-refractivity contribution in [2.45, 2.75) is 25.3 Å². The van der Waals surface area contributed by atoms with E-state index in [4.69, 9.17) is 5.73 Å². The van der Waals surface area contributed by atoms with Crippen molar-refractivity contribution in [2.24, 2.45) is 5.73 Å². The smallest absolute Gasteiger partial charge is 0.240 e. The first-order valence-electron chi connectivity index (χ1n) is 5.35. The van der Waals surface area contributed by atoms with E-state index in [2.05, 4.69) is 15.4 Å². The number of hydrogen-bond acceptors (Lipinski definition) is 4. The molecule has 1 aliphatic heterocycles. The van der Waals surface area contributed by atoms with Crippen molar-refractivity contribution < 1.29 is 4.79 Å². The normalized spacial score (nSPS) is 22.9. The van der Waals surface area contributed by atoms with Crippen LogP contribution in [0.4, 0.5) is 0 Å². The Morgan fingerprint density at radius 2 is 2.35 bits per heavy atom. The highest BCUT2D eigenvalue weighted by atomic mass is 16.1. The van der Waals surface area contributed by atoms with E-state index in [9.17, 15) is 9.59 Å².